The van der Waals surface area contributed by atoms with Crippen LogP contribution >= 0.6 is 23.2 Å². The van der Waals surface area contributed by atoms with Crippen LogP contribution in [0, 0.1) is 0 Å². The molecule has 0 saturated heterocycles. The van der Waals surface area contributed by atoms with E-state index in [1.54, 1.807) is 0 Å². The van der Waals surface area contributed by atoms with E-state index >= 15 is 0 Å². The van der Waals surface area contributed by atoms with Crippen molar-refractivity contribution >= 4 is 44.1 Å². The molecule has 0 radical (unpaired) electrons. The number of benzene rings is 1. The summed E-state index contributed by atoms with van der Waals surface area (Å²) < 4.78 is 28.1. The lowest BCUT2D eigenvalue weighted by atomic mass is 10.3. The van der Waals surface area contributed by atoms with E-state index in [-0.39, 0.29) is 15.9 Å². The van der Waals surface area contributed by atoms with Crippen LogP contribution in [0.1, 0.15) is 0 Å². The Bertz CT molecular complexity index is 731. The summed E-state index contributed by atoms with van der Waals surface area (Å²) in [7, 11) is -2.21. The number of hydrogen-bond acceptors (Lipinski definition) is 5. The predicted molar refractivity (Wildman–Crippen MR) is 69.2 cm³/mol. The van der Waals surface area contributed by atoms with Crippen molar-refractivity contribution in [3.8, 4) is 5.88 Å². The fourth-order valence-corrected chi connectivity index (χ4v) is 2.42. The lowest BCUT2D eigenvalue weighted by molar-refractivity contribution is 0.383. The number of ether oxygens (including phenoxy) is 1. The molecule has 18 heavy (non-hydrogen) atoms. The van der Waals surface area contributed by atoms with Gasteiger partial charge in [0, 0.05) is 6.26 Å². The summed E-state index contributed by atoms with van der Waals surface area (Å²) in [6.45, 7) is 0. The lowest BCUT2D eigenvalue weighted by Gasteiger charge is -2.07. The first-order valence-corrected chi connectivity index (χ1v) is 7.38. The van der Waals surface area contributed by atoms with E-state index in [0.717, 1.165) is 6.26 Å². The van der Waals surface area contributed by atoms with Crippen LogP contribution in [-0.2, 0) is 9.84 Å². The second-order valence-electron chi connectivity index (χ2n) is 3.57. The maximum atomic E-state index is 11.6. The minimum atomic E-state index is -3.53. The molecule has 96 valence electrons. The summed E-state index contributed by atoms with van der Waals surface area (Å²) >= 11 is 11.7. The van der Waals surface area contributed by atoms with Crippen LogP contribution in [0.2, 0.25) is 10.0 Å². The number of sulfone groups is 1. The van der Waals surface area contributed by atoms with Crippen LogP contribution in [0.4, 0.5) is 0 Å². The van der Waals surface area contributed by atoms with Crippen molar-refractivity contribution in [1.82, 2.24) is 9.97 Å². The topological polar surface area (TPSA) is 69.2 Å². The molecular weight excluding hydrogens is 299 g/mol. The van der Waals surface area contributed by atoms with Crippen molar-refractivity contribution < 1.29 is 13.2 Å². The Morgan fingerprint density at radius 2 is 1.61 bits per heavy atom. The van der Waals surface area contributed by atoms with Gasteiger partial charge in [-0.3, -0.25) is 0 Å². The van der Waals surface area contributed by atoms with E-state index < -0.39 is 9.84 Å². The largest absolute Gasteiger partial charge is 0.479 e. The van der Waals surface area contributed by atoms with Crippen LogP contribution in [0.25, 0.3) is 11.0 Å². The number of rotatable bonds is 2. The van der Waals surface area contributed by atoms with Gasteiger partial charge in [0.2, 0.25) is 5.03 Å². The van der Waals surface area contributed by atoms with Gasteiger partial charge in [0.1, 0.15) is 0 Å². The van der Waals surface area contributed by atoms with E-state index in [1.165, 1.54) is 19.2 Å². The Labute approximate surface area is 114 Å². The van der Waals surface area contributed by atoms with Crippen molar-refractivity contribution in [2.45, 2.75) is 5.03 Å². The molecule has 5 nitrogen and oxygen atoms in total. The molecule has 1 aromatic heterocycles. The number of aromatic nitrogens is 2. The van der Waals surface area contributed by atoms with Crippen molar-refractivity contribution in [2.24, 2.45) is 0 Å². The quantitative estimate of drug-likeness (QED) is 0.852. The van der Waals surface area contributed by atoms with Crippen molar-refractivity contribution in [1.29, 1.82) is 0 Å². The molecule has 0 N–H and O–H groups in total. The van der Waals surface area contributed by atoms with Gasteiger partial charge in [-0.25, -0.2) is 18.4 Å². The van der Waals surface area contributed by atoms with Crippen molar-refractivity contribution in [2.75, 3.05) is 13.4 Å². The first-order valence-electron chi connectivity index (χ1n) is 4.74. The molecular formula is C10H8Cl2N2O3S. The summed E-state index contributed by atoms with van der Waals surface area (Å²) in [4.78, 5) is 8.06. The van der Waals surface area contributed by atoms with Crippen LogP contribution in [0.5, 0.6) is 5.88 Å². The zero-order valence-electron chi connectivity index (χ0n) is 9.44. The first-order chi connectivity index (χ1) is 8.32. The molecule has 0 aliphatic heterocycles. The Morgan fingerprint density at radius 3 is 2.06 bits per heavy atom. The van der Waals surface area contributed by atoms with Gasteiger partial charge in [0.25, 0.3) is 5.88 Å². The third kappa shape index (κ3) is 2.36. The third-order valence-electron chi connectivity index (χ3n) is 2.19. The highest BCUT2D eigenvalue weighted by Crippen LogP contribution is 2.29. The van der Waals surface area contributed by atoms with Gasteiger partial charge in [0.15, 0.2) is 9.84 Å². The van der Waals surface area contributed by atoms with Gasteiger partial charge >= 0.3 is 0 Å². The van der Waals surface area contributed by atoms with Crippen LogP contribution in [-0.4, -0.2) is 31.8 Å². The minimum Gasteiger partial charge on any atom is -0.479 e. The van der Waals surface area contributed by atoms with Gasteiger partial charge < -0.3 is 4.74 Å². The van der Waals surface area contributed by atoms with E-state index in [4.69, 9.17) is 27.9 Å². The molecule has 0 bridgehead atoms. The molecule has 0 aliphatic carbocycles. The maximum Gasteiger partial charge on any atom is 0.252 e. The standard InChI is InChI=1S/C10H8Cl2N2O3S/c1-17-9-10(18(2,15)16)14-8-4-6(12)5(11)3-7(8)13-9/h3-4H,1-2H3. The first kappa shape index (κ1) is 13.3. The molecule has 0 saturated carbocycles. The number of fused-ring (bicyclic) bond motifs is 1. The van der Waals surface area contributed by atoms with E-state index in [2.05, 4.69) is 9.97 Å². The summed E-state index contributed by atoms with van der Waals surface area (Å²) in [5, 5.41) is 0.367. The van der Waals surface area contributed by atoms with Crippen molar-refractivity contribution in [3.63, 3.8) is 0 Å². The molecule has 0 unspecified atom stereocenters. The van der Waals surface area contributed by atoms with E-state index in [0.29, 0.717) is 16.1 Å². The highest BCUT2D eigenvalue weighted by molar-refractivity contribution is 7.90. The fourth-order valence-electron chi connectivity index (χ4n) is 1.39. The fraction of sp³-hybridized carbons (Fsp3) is 0.200. The molecule has 0 atom stereocenters. The predicted octanol–water partition coefficient (Wildman–Crippen LogP) is 2.35. The number of hydrogen-bond donors (Lipinski definition) is 0. The Hall–Kier alpha value is -1.11. The average molecular weight is 307 g/mol. The second-order valence-corrected chi connectivity index (χ2v) is 6.31. The van der Waals surface area contributed by atoms with Gasteiger partial charge in [0.05, 0.1) is 28.2 Å². The molecule has 0 amide bonds. The Morgan fingerprint density at radius 1 is 1.11 bits per heavy atom. The smallest absolute Gasteiger partial charge is 0.252 e. The van der Waals surface area contributed by atoms with Gasteiger partial charge in [-0.15, -0.1) is 0 Å². The van der Waals surface area contributed by atoms with Gasteiger partial charge in [-0.2, -0.15) is 0 Å². The number of methoxy groups -OCH3 is 1. The van der Waals surface area contributed by atoms with Gasteiger partial charge in [-0.05, 0) is 12.1 Å². The summed E-state index contributed by atoms with van der Waals surface area (Å²) in [5.41, 5.74) is 0.749. The Balaban J connectivity index is 2.86. The zero-order valence-corrected chi connectivity index (χ0v) is 11.8. The lowest BCUT2D eigenvalue weighted by Crippen LogP contribution is -2.06. The number of halogens is 2. The maximum absolute atomic E-state index is 11.6. The second kappa shape index (κ2) is 4.53. The minimum absolute atomic E-state index is 0.0663. The highest BCUT2D eigenvalue weighted by Gasteiger charge is 2.19. The summed E-state index contributed by atoms with van der Waals surface area (Å²) in [6, 6.07) is 2.96. The molecule has 8 heteroatoms. The monoisotopic (exact) mass is 306 g/mol. The zero-order chi connectivity index (χ0) is 13.5. The SMILES string of the molecule is COc1nc2cc(Cl)c(Cl)cc2nc1S(C)(=O)=O. The normalized spacial score (nSPS) is 11.8. The van der Waals surface area contributed by atoms with Crippen LogP contribution in [0.15, 0.2) is 17.2 Å². The molecule has 0 spiro atoms. The highest BCUT2D eigenvalue weighted by atomic mass is 35.5. The molecule has 0 aliphatic rings. The number of nitrogens with zero attached hydrogens (tertiary/aromatic N) is 2. The molecule has 2 rings (SSSR count). The third-order valence-corrected chi connectivity index (χ3v) is 3.88. The molecule has 1 heterocycles. The molecule has 0 fully saturated rings. The summed E-state index contributed by atoms with van der Waals surface area (Å²) in [5.74, 6) is -0.0663. The van der Waals surface area contributed by atoms with Crippen LogP contribution in [0.3, 0.4) is 0 Å². The summed E-state index contributed by atoms with van der Waals surface area (Å²) in [6.07, 6.45) is 1.03. The Kier molecular flexibility index (Phi) is 3.35. The van der Waals surface area contributed by atoms with Gasteiger partial charge in [-0.1, -0.05) is 23.2 Å². The average Bonchev–Trinajstić information content (AvgIpc) is 2.28. The van der Waals surface area contributed by atoms with E-state index in [1.807, 2.05) is 0 Å². The molecule has 1 aromatic carbocycles. The van der Waals surface area contributed by atoms with Crippen LogP contribution < -0.4 is 4.74 Å². The van der Waals surface area contributed by atoms with E-state index in [9.17, 15) is 8.42 Å². The van der Waals surface area contributed by atoms with Crippen molar-refractivity contribution in [3.05, 3.63) is 22.2 Å². The molecule has 2 aromatic rings.